The number of ether oxygens (including phenoxy) is 1. The Balaban J connectivity index is 2.00. The minimum Gasteiger partial charge on any atom is -0.435 e. The molecule has 1 amide bonds. The van der Waals surface area contributed by atoms with Gasteiger partial charge in [-0.15, -0.1) is 0 Å². The van der Waals surface area contributed by atoms with Gasteiger partial charge in [-0.1, -0.05) is 0 Å². The molecule has 0 radical (unpaired) electrons. The maximum atomic E-state index is 12.1. The molecule has 1 fully saturated rings. The second kappa shape index (κ2) is 5.97. The maximum absolute atomic E-state index is 12.1. The molecule has 1 aliphatic rings. The molecular formula is C13H15F2NO3. The Kier molecular flexibility index (Phi) is 4.31. The standard InChI is InChI=1S/C13H15F2NO3/c14-13(15)19-11-3-1-10(2-4-11)12(18)16-6-5-9(7-16)8-17/h1-4,9,13,17H,5-8H2. The van der Waals surface area contributed by atoms with Crippen LogP contribution in [0, 0.1) is 5.92 Å². The summed E-state index contributed by atoms with van der Waals surface area (Å²) in [7, 11) is 0. The number of hydrogen-bond acceptors (Lipinski definition) is 3. The summed E-state index contributed by atoms with van der Waals surface area (Å²) in [5, 5.41) is 9.03. The second-order valence-electron chi connectivity index (χ2n) is 4.49. The fourth-order valence-electron chi connectivity index (χ4n) is 2.13. The number of alkyl halides is 2. The molecule has 19 heavy (non-hydrogen) atoms. The Bertz CT molecular complexity index is 436. The zero-order chi connectivity index (χ0) is 13.8. The molecule has 4 nitrogen and oxygen atoms in total. The van der Waals surface area contributed by atoms with Gasteiger partial charge in [0.1, 0.15) is 5.75 Å². The largest absolute Gasteiger partial charge is 0.435 e. The summed E-state index contributed by atoms with van der Waals surface area (Å²) < 4.78 is 28.2. The van der Waals surface area contributed by atoms with Gasteiger partial charge in [0.15, 0.2) is 0 Å². The molecule has 1 heterocycles. The van der Waals surface area contributed by atoms with Crippen molar-refractivity contribution in [2.45, 2.75) is 13.0 Å². The SMILES string of the molecule is O=C(c1ccc(OC(F)F)cc1)N1CCC(CO)C1. The van der Waals surface area contributed by atoms with Crippen LogP contribution in [0.1, 0.15) is 16.8 Å². The van der Waals surface area contributed by atoms with Crippen molar-refractivity contribution < 1.29 is 23.4 Å². The van der Waals surface area contributed by atoms with E-state index in [2.05, 4.69) is 4.74 Å². The number of hydrogen-bond donors (Lipinski definition) is 1. The molecule has 0 saturated carbocycles. The number of carbonyl (C=O) groups is 1. The molecule has 1 N–H and O–H groups in total. The van der Waals surface area contributed by atoms with Crippen molar-refractivity contribution in [2.24, 2.45) is 5.92 Å². The first kappa shape index (κ1) is 13.7. The Hall–Kier alpha value is -1.69. The molecule has 104 valence electrons. The highest BCUT2D eigenvalue weighted by molar-refractivity contribution is 5.94. The van der Waals surface area contributed by atoms with Crippen molar-refractivity contribution in [2.75, 3.05) is 19.7 Å². The molecule has 1 aliphatic heterocycles. The van der Waals surface area contributed by atoms with E-state index in [0.717, 1.165) is 6.42 Å². The third kappa shape index (κ3) is 3.41. The first-order valence-electron chi connectivity index (χ1n) is 6.05. The highest BCUT2D eigenvalue weighted by atomic mass is 19.3. The molecular weight excluding hydrogens is 256 g/mol. The van der Waals surface area contributed by atoms with Gasteiger partial charge in [-0.25, -0.2) is 0 Å². The summed E-state index contributed by atoms with van der Waals surface area (Å²) in [6.45, 7) is -1.65. The summed E-state index contributed by atoms with van der Waals surface area (Å²) in [5.41, 5.74) is 0.431. The molecule has 1 saturated heterocycles. The van der Waals surface area contributed by atoms with Crippen molar-refractivity contribution >= 4 is 5.91 Å². The molecule has 1 aromatic carbocycles. The maximum Gasteiger partial charge on any atom is 0.387 e. The third-order valence-corrected chi connectivity index (χ3v) is 3.16. The average molecular weight is 271 g/mol. The number of aliphatic hydroxyl groups is 1. The van der Waals surface area contributed by atoms with E-state index in [-0.39, 0.29) is 24.2 Å². The fraction of sp³-hybridized carbons (Fsp3) is 0.462. The summed E-state index contributed by atoms with van der Waals surface area (Å²) in [4.78, 5) is 13.8. The van der Waals surface area contributed by atoms with Crippen molar-refractivity contribution in [3.05, 3.63) is 29.8 Å². The van der Waals surface area contributed by atoms with Gasteiger partial charge in [0.25, 0.3) is 5.91 Å². The number of aliphatic hydroxyl groups excluding tert-OH is 1. The summed E-state index contributed by atoms with van der Waals surface area (Å²) in [6.07, 6.45) is 0.787. The van der Waals surface area contributed by atoms with Gasteiger partial charge in [0, 0.05) is 31.2 Å². The molecule has 1 aromatic rings. The smallest absolute Gasteiger partial charge is 0.387 e. The highest BCUT2D eigenvalue weighted by Crippen LogP contribution is 2.20. The van der Waals surface area contributed by atoms with E-state index in [0.29, 0.717) is 18.7 Å². The van der Waals surface area contributed by atoms with E-state index in [1.165, 1.54) is 24.3 Å². The van der Waals surface area contributed by atoms with Crippen LogP contribution in [-0.4, -0.2) is 42.2 Å². The topological polar surface area (TPSA) is 49.8 Å². The normalized spacial score (nSPS) is 18.9. The molecule has 6 heteroatoms. The van der Waals surface area contributed by atoms with Gasteiger partial charge in [-0.2, -0.15) is 8.78 Å². The number of amides is 1. The van der Waals surface area contributed by atoms with Crippen molar-refractivity contribution in [1.82, 2.24) is 4.90 Å². The average Bonchev–Trinajstić information content (AvgIpc) is 2.87. The lowest BCUT2D eigenvalue weighted by molar-refractivity contribution is -0.0498. The minimum absolute atomic E-state index is 0.0289. The lowest BCUT2D eigenvalue weighted by Crippen LogP contribution is -2.29. The number of carbonyl (C=O) groups excluding carboxylic acids is 1. The van der Waals surface area contributed by atoms with Gasteiger partial charge < -0.3 is 14.7 Å². The molecule has 1 unspecified atom stereocenters. The van der Waals surface area contributed by atoms with E-state index < -0.39 is 6.61 Å². The lowest BCUT2D eigenvalue weighted by Gasteiger charge is -2.16. The Morgan fingerprint density at radius 3 is 2.63 bits per heavy atom. The third-order valence-electron chi connectivity index (χ3n) is 3.16. The first-order chi connectivity index (χ1) is 9.10. The van der Waals surface area contributed by atoms with Crippen molar-refractivity contribution in [1.29, 1.82) is 0 Å². The number of nitrogens with zero attached hydrogens (tertiary/aromatic N) is 1. The van der Waals surface area contributed by atoms with Crippen LogP contribution in [0.4, 0.5) is 8.78 Å². The van der Waals surface area contributed by atoms with Gasteiger partial charge >= 0.3 is 6.61 Å². The summed E-state index contributed by atoms with van der Waals surface area (Å²) in [5.74, 6) is 0.00569. The zero-order valence-electron chi connectivity index (χ0n) is 10.3. The quantitative estimate of drug-likeness (QED) is 0.907. The van der Waals surface area contributed by atoms with Gasteiger partial charge in [-0.3, -0.25) is 4.79 Å². The van der Waals surface area contributed by atoms with Crippen LogP contribution in [0.5, 0.6) is 5.75 Å². The number of halogens is 2. The van der Waals surface area contributed by atoms with E-state index in [9.17, 15) is 13.6 Å². The summed E-state index contributed by atoms with van der Waals surface area (Å²) in [6, 6.07) is 5.62. The van der Waals surface area contributed by atoms with Crippen LogP contribution < -0.4 is 4.74 Å². The van der Waals surface area contributed by atoms with Crippen molar-refractivity contribution in [3.8, 4) is 5.75 Å². The number of rotatable bonds is 4. The highest BCUT2D eigenvalue weighted by Gasteiger charge is 2.26. The van der Waals surface area contributed by atoms with Crippen molar-refractivity contribution in [3.63, 3.8) is 0 Å². The van der Waals surface area contributed by atoms with E-state index in [1.54, 1.807) is 4.90 Å². The predicted molar refractivity (Wildman–Crippen MR) is 64.2 cm³/mol. The van der Waals surface area contributed by atoms with Crippen LogP contribution in [0.25, 0.3) is 0 Å². The Morgan fingerprint density at radius 1 is 1.42 bits per heavy atom. The monoisotopic (exact) mass is 271 g/mol. The first-order valence-corrected chi connectivity index (χ1v) is 6.05. The number of benzene rings is 1. The second-order valence-corrected chi connectivity index (χ2v) is 4.49. The molecule has 0 spiro atoms. The predicted octanol–water partition coefficient (Wildman–Crippen LogP) is 1.74. The van der Waals surface area contributed by atoms with E-state index in [1.807, 2.05) is 0 Å². The fourth-order valence-corrected chi connectivity index (χ4v) is 2.13. The molecule has 0 aliphatic carbocycles. The van der Waals surface area contributed by atoms with Crippen LogP contribution in [0.3, 0.4) is 0 Å². The molecule has 0 aromatic heterocycles. The lowest BCUT2D eigenvalue weighted by atomic mass is 10.1. The van der Waals surface area contributed by atoms with E-state index in [4.69, 9.17) is 5.11 Å². The minimum atomic E-state index is -2.87. The Morgan fingerprint density at radius 2 is 2.11 bits per heavy atom. The Labute approximate surface area is 109 Å². The van der Waals surface area contributed by atoms with Crippen LogP contribution in [-0.2, 0) is 0 Å². The van der Waals surface area contributed by atoms with Crippen LogP contribution in [0.2, 0.25) is 0 Å². The summed E-state index contributed by atoms with van der Waals surface area (Å²) >= 11 is 0. The molecule has 1 atom stereocenters. The molecule has 0 bridgehead atoms. The van der Waals surface area contributed by atoms with Crippen LogP contribution >= 0.6 is 0 Å². The van der Waals surface area contributed by atoms with Gasteiger partial charge in [0.05, 0.1) is 0 Å². The van der Waals surface area contributed by atoms with Gasteiger partial charge in [0.2, 0.25) is 0 Å². The van der Waals surface area contributed by atoms with Gasteiger partial charge in [-0.05, 0) is 30.7 Å². The zero-order valence-corrected chi connectivity index (χ0v) is 10.3. The number of likely N-dealkylation sites (tertiary alicyclic amines) is 1. The molecule has 2 rings (SSSR count). The van der Waals surface area contributed by atoms with Crippen LogP contribution in [0.15, 0.2) is 24.3 Å². The van der Waals surface area contributed by atoms with E-state index >= 15 is 0 Å².